The lowest BCUT2D eigenvalue weighted by molar-refractivity contribution is -0.401. The summed E-state index contributed by atoms with van der Waals surface area (Å²) in [4.78, 5) is 52.0. The van der Waals surface area contributed by atoms with Gasteiger partial charge < -0.3 is 36.0 Å². The third-order valence-corrected chi connectivity index (χ3v) is 13.8. The fourth-order valence-electron chi connectivity index (χ4n) is 7.72. The van der Waals surface area contributed by atoms with E-state index in [4.69, 9.17) is 10.2 Å². The van der Waals surface area contributed by atoms with Crippen LogP contribution in [0.1, 0.15) is 77.1 Å². The summed E-state index contributed by atoms with van der Waals surface area (Å²) in [5, 5.41) is 27.6. The second-order valence-electron chi connectivity index (χ2n) is 17.0. The van der Waals surface area contributed by atoms with Gasteiger partial charge in [-0.15, -0.1) is 0 Å². The van der Waals surface area contributed by atoms with E-state index in [0.717, 1.165) is 68.6 Å². The molecule has 4 aromatic rings. The Bertz CT molecular complexity index is 2380. The number of nitrogens with zero attached hydrogens (tertiary/aromatic N) is 3. The summed E-state index contributed by atoms with van der Waals surface area (Å²) in [6.45, 7) is 9.53. The van der Waals surface area contributed by atoms with Crippen molar-refractivity contribution in [3.8, 4) is 0 Å². The van der Waals surface area contributed by atoms with Gasteiger partial charge >= 0.3 is 11.9 Å². The van der Waals surface area contributed by atoms with Crippen molar-refractivity contribution < 1.29 is 34.0 Å². The van der Waals surface area contributed by atoms with Gasteiger partial charge in [0, 0.05) is 91.6 Å². The van der Waals surface area contributed by atoms with Crippen LogP contribution in [0.2, 0.25) is 0 Å². The second-order valence-corrected chi connectivity index (χ2v) is 19.7. The highest BCUT2D eigenvalue weighted by molar-refractivity contribution is 8.76. The average Bonchev–Trinajstić information content (AvgIpc) is 3.45. The molecule has 2 amide bonds. The number of hydrogen-bond acceptors (Lipinski definition) is 9. The molecule has 0 atom stereocenters. The van der Waals surface area contributed by atoms with Crippen molar-refractivity contribution in [1.82, 2.24) is 10.6 Å². The molecule has 64 heavy (non-hydrogen) atoms. The molecule has 0 aromatic heterocycles. The van der Waals surface area contributed by atoms with Gasteiger partial charge in [0.05, 0.1) is 5.41 Å². The fraction of sp³-hybridized carbons (Fsp3) is 0.340. The van der Waals surface area contributed by atoms with E-state index in [0.29, 0.717) is 24.2 Å². The zero-order valence-corrected chi connectivity index (χ0v) is 39.7. The zero-order chi connectivity index (χ0) is 46.6. The minimum Gasteiger partial charge on any atom is -0.480 e. The third kappa shape index (κ3) is 12.8. The van der Waals surface area contributed by atoms with E-state index in [1.165, 1.54) is 0 Å². The van der Waals surface area contributed by atoms with Gasteiger partial charge in [0.1, 0.15) is 20.1 Å². The van der Waals surface area contributed by atoms with Gasteiger partial charge in [0.2, 0.25) is 5.69 Å². The van der Waals surface area contributed by atoms with Gasteiger partial charge in [-0.25, -0.2) is 0 Å². The van der Waals surface area contributed by atoms with Gasteiger partial charge in [-0.2, -0.15) is 4.58 Å². The number of amides is 2. The van der Waals surface area contributed by atoms with Crippen molar-refractivity contribution >= 4 is 86.0 Å². The monoisotopic (exact) mass is 905 g/mol. The molecule has 0 bridgehead atoms. The number of allylic oxidation sites excluding steroid dienone is 2. The smallest absolute Gasteiger partial charge is 0.323 e. The molecule has 5 rings (SSSR count). The molecule has 12 nitrogen and oxygen atoms in total. The number of carbonyl (C=O) groups excluding carboxylic acids is 2. The van der Waals surface area contributed by atoms with Crippen molar-refractivity contribution in [2.45, 2.75) is 44.9 Å². The van der Waals surface area contributed by atoms with Crippen LogP contribution in [0, 0.1) is 0 Å². The SMILES string of the molecule is CNc1ccc(C(=O)NCCSSCCNC(=O)c2ccc3c(c2)C(C)(C)C(C=Cc2ccc(N(C)CC(=O)O)cc2)=[N+]3C)cc1C(C)(C)CC=Cc1ccc(N(C)CC(=O)O)cc1. The second kappa shape index (κ2) is 22.1. The van der Waals surface area contributed by atoms with Gasteiger partial charge in [0.25, 0.3) is 11.8 Å². The van der Waals surface area contributed by atoms with Gasteiger partial charge in [0.15, 0.2) is 5.71 Å². The predicted molar refractivity (Wildman–Crippen MR) is 266 cm³/mol. The van der Waals surface area contributed by atoms with Crippen molar-refractivity contribution in [1.29, 1.82) is 0 Å². The molecular weight excluding hydrogens is 845 g/mol. The number of nitrogens with one attached hydrogen (secondary N) is 3. The summed E-state index contributed by atoms with van der Waals surface area (Å²) in [6.07, 6.45) is 9.08. The molecule has 5 N–H and O–H groups in total. The Labute approximate surface area is 385 Å². The highest BCUT2D eigenvalue weighted by Gasteiger charge is 2.43. The highest BCUT2D eigenvalue weighted by Crippen LogP contribution is 2.40. The van der Waals surface area contributed by atoms with Crippen LogP contribution in [0.5, 0.6) is 0 Å². The molecule has 0 aliphatic carbocycles. The molecule has 338 valence electrons. The standard InChI is InChI=1S/C50H60N6O6S2/c1-49(2,25-9-10-34-11-18-38(19-12-34)54(6)32-45(57)58)40-30-36(16-22-42(40)51-5)47(61)52-26-28-63-64-29-27-53-48(62)37-17-23-43-41(31-37)50(3,4)44(56(43)8)24-15-35-13-20-39(21-14-35)55(7)33-46(59)60/h9-24,30-31H,25-29,32-33H2,1-8H3,(H4-,51,52,53,57,58,59,60,61,62)/p+1. The fourth-order valence-corrected chi connectivity index (χ4v) is 9.53. The van der Waals surface area contributed by atoms with Crippen molar-refractivity contribution in [2.75, 3.05) is 81.0 Å². The number of hydrogen-bond donors (Lipinski definition) is 5. The molecule has 1 heterocycles. The Balaban J connectivity index is 1.04. The van der Waals surface area contributed by atoms with E-state index < -0.39 is 11.9 Å². The highest BCUT2D eigenvalue weighted by atomic mass is 33.1. The molecule has 4 aromatic carbocycles. The van der Waals surface area contributed by atoms with Crippen molar-refractivity contribution in [3.63, 3.8) is 0 Å². The van der Waals surface area contributed by atoms with E-state index in [2.05, 4.69) is 72.5 Å². The molecule has 0 radical (unpaired) electrons. The number of aliphatic carboxylic acids is 2. The molecule has 0 fully saturated rings. The first-order chi connectivity index (χ1) is 30.4. The summed E-state index contributed by atoms with van der Waals surface area (Å²) in [5.74, 6) is -0.559. The number of anilines is 3. The number of carboxylic acid groups (broad SMARTS) is 2. The summed E-state index contributed by atoms with van der Waals surface area (Å²) in [7, 11) is 10.7. The third-order valence-electron chi connectivity index (χ3n) is 11.4. The number of likely N-dealkylation sites (N-methyl/N-ethyl adjacent to an activating group) is 2. The number of fused-ring (bicyclic) bond motifs is 1. The molecule has 0 saturated carbocycles. The molecule has 1 aliphatic rings. The van der Waals surface area contributed by atoms with E-state index in [1.54, 1.807) is 45.5 Å². The molecule has 0 spiro atoms. The summed E-state index contributed by atoms with van der Waals surface area (Å²) in [5.41, 5.74) is 9.54. The summed E-state index contributed by atoms with van der Waals surface area (Å²) in [6, 6.07) is 27.2. The first kappa shape index (κ1) is 49.0. The van der Waals surface area contributed by atoms with Crippen LogP contribution in [-0.2, 0) is 20.4 Å². The molecule has 1 aliphatic heterocycles. The lowest BCUT2D eigenvalue weighted by Gasteiger charge is -2.27. The molecule has 0 saturated heterocycles. The minimum absolute atomic E-state index is 0.0640. The van der Waals surface area contributed by atoms with Gasteiger partial charge in [-0.05, 0) is 103 Å². The van der Waals surface area contributed by atoms with Crippen LogP contribution >= 0.6 is 21.6 Å². The maximum atomic E-state index is 13.2. The van der Waals surface area contributed by atoms with Crippen LogP contribution < -0.4 is 25.8 Å². The van der Waals surface area contributed by atoms with Gasteiger partial charge in [-0.3, -0.25) is 19.2 Å². The number of carbonyl (C=O) groups is 4. The Kier molecular flexibility index (Phi) is 16.9. The molecule has 14 heteroatoms. The Morgan fingerprint density at radius 1 is 0.719 bits per heavy atom. The number of benzene rings is 4. The maximum Gasteiger partial charge on any atom is 0.323 e. The molecule has 0 unspecified atom stereocenters. The van der Waals surface area contributed by atoms with Crippen LogP contribution in [0.4, 0.5) is 22.7 Å². The van der Waals surface area contributed by atoms with E-state index in [1.807, 2.05) is 99.0 Å². The van der Waals surface area contributed by atoms with Crippen LogP contribution in [0.15, 0.2) is 97.1 Å². The zero-order valence-electron chi connectivity index (χ0n) is 38.0. The maximum absolute atomic E-state index is 13.2. The summed E-state index contributed by atoms with van der Waals surface area (Å²) >= 11 is 0. The predicted octanol–water partition coefficient (Wildman–Crippen LogP) is 8.41. The Hall–Kier alpha value is -5.99. The lowest BCUT2D eigenvalue weighted by atomic mass is 9.79. The van der Waals surface area contributed by atoms with E-state index in [9.17, 15) is 19.2 Å². The normalized spacial score (nSPS) is 13.2. The van der Waals surface area contributed by atoms with Crippen LogP contribution in [-0.4, -0.2) is 110 Å². The first-order valence-corrected chi connectivity index (χ1v) is 23.7. The van der Waals surface area contributed by atoms with Crippen molar-refractivity contribution in [3.05, 3.63) is 130 Å². The Morgan fingerprint density at radius 2 is 1.22 bits per heavy atom. The minimum atomic E-state index is -0.877. The first-order valence-electron chi connectivity index (χ1n) is 21.2. The van der Waals surface area contributed by atoms with Crippen LogP contribution in [0.3, 0.4) is 0 Å². The lowest BCUT2D eigenvalue weighted by Crippen LogP contribution is -2.28. The molecular formula is C50H61N6O6S2+. The van der Waals surface area contributed by atoms with Crippen molar-refractivity contribution in [2.24, 2.45) is 0 Å². The van der Waals surface area contributed by atoms with E-state index >= 15 is 0 Å². The topological polar surface area (TPSA) is 154 Å². The van der Waals surface area contributed by atoms with E-state index in [-0.39, 0.29) is 35.7 Å². The average molecular weight is 906 g/mol. The Morgan fingerprint density at radius 3 is 1.73 bits per heavy atom. The largest absolute Gasteiger partial charge is 0.480 e. The van der Waals surface area contributed by atoms with Gasteiger partial charge in [-0.1, -0.05) is 71.9 Å². The number of rotatable bonds is 22. The summed E-state index contributed by atoms with van der Waals surface area (Å²) < 4.78 is 2.16. The quantitative estimate of drug-likeness (QED) is 0.0294. The van der Waals surface area contributed by atoms with Crippen LogP contribution in [0.25, 0.3) is 12.2 Å². The number of carboxylic acids is 2.